The van der Waals surface area contributed by atoms with Crippen LogP contribution in [0.1, 0.15) is 52.8 Å². The van der Waals surface area contributed by atoms with Crippen molar-refractivity contribution in [3.8, 4) is 0 Å². The van der Waals surface area contributed by atoms with E-state index in [2.05, 4.69) is 25.8 Å². The second kappa shape index (κ2) is 9.77. The largest absolute Gasteiger partial charge is 0.444 e. The molecule has 1 saturated heterocycles. The van der Waals surface area contributed by atoms with E-state index in [0.29, 0.717) is 19.0 Å². The van der Waals surface area contributed by atoms with Gasteiger partial charge in [-0.05, 0) is 59.1 Å². The van der Waals surface area contributed by atoms with Crippen molar-refractivity contribution in [1.82, 2.24) is 30.1 Å². The highest BCUT2D eigenvalue weighted by Gasteiger charge is 2.30. The van der Waals surface area contributed by atoms with E-state index in [4.69, 9.17) is 4.74 Å². The van der Waals surface area contributed by atoms with E-state index in [0.717, 1.165) is 43.8 Å². The highest BCUT2D eigenvalue weighted by molar-refractivity contribution is 5.79. The molecule has 3 rings (SSSR count). The first-order valence-electron chi connectivity index (χ1n) is 10.7. The van der Waals surface area contributed by atoms with Crippen LogP contribution in [-0.4, -0.2) is 62.8 Å². The summed E-state index contributed by atoms with van der Waals surface area (Å²) >= 11 is 0. The molecule has 2 aromatic heterocycles. The molecule has 1 fully saturated rings. The van der Waals surface area contributed by atoms with Gasteiger partial charge in [0.15, 0.2) is 17.4 Å². The first kappa shape index (κ1) is 21.9. The molecule has 1 atom stereocenters. The molecule has 0 bridgehead atoms. The Kier molecular flexibility index (Phi) is 7.12. The summed E-state index contributed by atoms with van der Waals surface area (Å²) in [6.07, 6.45) is 4.74. The summed E-state index contributed by atoms with van der Waals surface area (Å²) in [5.74, 6) is 1.47. The van der Waals surface area contributed by atoms with E-state index < -0.39 is 5.60 Å². The van der Waals surface area contributed by atoms with Crippen LogP contribution in [0.4, 0.5) is 4.79 Å². The second-order valence-electron chi connectivity index (χ2n) is 8.44. The maximum atomic E-state index is 12.6. The summed E-state index contributed by atoms with van der Waals surface area (Å²) in [4.78, 5) is 19.1. The van der Waals surface area contributed by atoms with Gasteiger partial charge in [-0.2, -0.15) is 0 Å². The number of ether oxygens (including phenoxy) is 1. The number of aliphatic imine (C=N–C) groups is 1. The maximum absolute atomic E-state index is 12.6. The zero-order valence-electron chi connectivity index (χ0n) is 18.4. The molecule has 2 aromatic rings. The predicted octanol–water partition coefficient (Wildman–Crippen LogP) is 2.57. The topological polar surface area (TPSA) is 96.1 Å². The summed E-state index contributed by atoms with van der Waals surface area (Å²) in [7, 11) is 0. The molecule has 9 heteroatoms. The highest BCUT2D eigenvalue weighted by atomic mass is 16.6. The lowest BCUT2D eigenvalue weighted by Crippen LogP contribution is -2.52. The van der Waals surface area contributed by atoms with Gasteiger partial charge in [0.2, 0.25) is 0 Å². The van der Waals surface area contributed by atoms with Crippen LogP contribution in [0.15, 0.2) is 29.4 Å². The Morgan fingerprint density at radius 1 is 1.27 bits per heavy atom. The Morgan fingerprint density at radius 3 is 2.87 bits per heavy atom. The standard InChI is InChI=1S/C21H33N7O2/c1-5-22-19(24-15-18-26-25-17-11-7-9-13-28(17)18)23-14-16-10-6-8-12-27(16)20(29)30-21(2,3)4/h7,9,11,13,16H,5-6,8,10,12,14-15H2,1-4H3,(H2,22,23,24). The number of carbonyl (C=O) groups is 1. The predicted molar refractivity (Wildman–Crippen MR) is 116 cm³/mol. The Balaban J connectivity index is 1.63. The summed E-state index contributed by atoms with van der Waals surface area (Å²) in [6, 6.07) is 5.87. The van der Waals surface area contributed by atoms with Gasteiger partial charge in [-0.3, -0.25) is 4.40 Å². The van der Waals surface area contributed by atoms with Crippen molar-refractivity contribution < 1.29 is 9.53 Å². The van der Waals surface area contributed by atoms with E-state index in [1.165, 1.54) is 0 Å². The van der Waals surface area contributed by atoms with E-state index >= 15 is 0 Å². The third-order valence-corrected chi connectivity index (χ3v) is 4.87. The maximum Gasteiger partial charge on any atom is 0.410 e. The van der Waals surface area contributed by atoms with Crippen LogP contribution in [-0.2, 0) is 11.3 Å². The SMILES string of the molecule is CCNC(=NCc1nnc2ccccn12)NCC1CCCCN1C(=O)OC(C)(C)C. The number of rotatable bonds is 5. The molecule has 164 valence electrons. The Labute approximate surface area is 177 Å². The van der Waals surface area contributed by atoms with Gasteiger partial charge < -0.3 is 20.3 Å². The van der Waals surface area contributed by atoms with Crippen LogP contribution < -0.4 is 10.6 Å². The fourth-order valence-corrected chi connectivity index (χ4v) is 3.48. The highest BCUT2D eigenvalue weighted by Crippen LogP contribution is 2.20. The number of hydrogen-bond acceptors (Lipinski definition) is 5. The van der Waals surface area contributed by atoms with Crippen molar-refractivity contribution in [2.24, 2.45) is 4.99 Å². The van der Waals surface area contributed by atoms with Crippen LogP contribution in [0.3, 0.4) is 0 Å². The van der Waals surface area contributed by atoms with E-state index in [1.807, 2.05) is 61.4 Å². The molecule has 0 aromatic carbocycles. The summed E-state index contributed by atoms with van der Waals surface area (Å²) in [5.41, 5.74) is 0.306. The van der Waals surface area contributed by atoms with Gasteiger partial charge >= 0.3 is 6.09 Å². The number of aromatic nitrogens is 3. The number of likely N-dealkylation sites (tertiary alicyclic amines) is 1. The molecular formula is C21H33N7O2. The van der Waals surface area contributed by atoms with Crippen molar-refractivity contribution in [2.45, 2.75) is 65.1 Å². The van der Waals surface area contributed by atoms with Crippen molar-refractivity contribution in [1.29, 1.82) is 0 Å². The fraction of sp³-hybridized carbons (Fsp3) is 0.619. The lowest BCUT2D eigenvalue weighted by atomic mass is 10.0. The number of amides is 1. The number of pyridine rings is 1. The van der Waals surface area contributed by atoms with Gasteiger partial charge in [-0.1, -0.05) is 6.07 Å². The fourth-order valence-electron chi connectivity index (χ4n) is 3.48. The monoisotopic (exact) mass is 415 g/mol. The molecule has 1 unspecified atom stereocenters. The third-order valence-electron chi connectivity index (χ3n) is 4.87. The molecule has 9 nitrogen and oxygen atoms in total. The number of nitrogens with zero attached hydrogens (tertiary/aromatic N) is 5. The smallest absolute Gasteiger partial charge is 0.410 e. The molecule has 0 spiro atoms. The van der Waals surface area contributed by atoms with Gasteiger partial charge in [-0.15, -0.1) is 10.2 Å². The van der Waals surface area contributed by atoms with Crippen LogP contribution in [0.5, 0.6) is 0 Å². The van der Waals surface area contributed by atoms with Crippen LogP contribution in [0.25, 0.3) is 5.65 Å². The molecule has 1 aliphatic heterocycles. The third kappa shape index (κ3) is 5.84. The minimum Gasteiger partial charge on any atom is -0.444 e. The van der Waals surface area contributed by atoms with Gasteiger partial charge in [0.1, 0.15) is 12.1 Å². The average Bonchev–Trinajstić information content (AvgIpc) is 3.12. The van der Waals surface area contributed by atoms with Crippen molar-refractivity contribution in [3.05, 3.63) is 30.2 Å². The molecule has 0 aliphatic carbocycles. The number of carbonyl (C=O) groups excluding carboxylic acids is 1. The summed E-state index contributed by atoms with van der Waals surface area (Å²) in [5, 5.41) is 15.0. The molecule has 1 aliphatic rings. The Bertz CT molecular complexity index is 872. The van der Waals surface area contributed by atoms with E-state index in [-0.39, 0.29) is 12.1 Å². The normalized spacial score (nSPS) is 17.8. The van der Waals surface area contributed by atoms with Crippen molar-refractivity contribution in [3.63, 3.8) is 0 Å². The van der Waals surface area contributed by atoms with E-state index in [1.54, 1.807) is 0 Å². The summed E-state index contributed by atoms with van der Waals surface area (Å²) < 4.78 is 7.52. The van der Waals surface area contributed by atoms with Crippen LogP contribution in [0.2, 0.25) is 0 Å². The molecule has 3 heterocycles. The van der Waals surface area contributed by atoms with Crippen LogP contribution in [0, 0.1) is 0 Å². The molecule has 0 saturated carbocycles. The molecular weight excluding hydrogens is 382 g/mol. The number of guanidine groups is 1. The van der Waals surface area contributed by atoms with Gasteiger partial charge in [0, 0.05) is 25.8 Å². The molecule has 0 radical (unpaired) electrons. The van der Waals surface area contributed by atoms with Gasteiger partial charge in [0.05, 0.1) is 6.04 Å². The zero-order chi connectivity index (χ0) is 21.6. The molecule has 30 heavy (non-hydrogen) atoms. The zero-order valence-corrected chi connectivity index (χ0v) is 18.4. The van der Waals surface area contributed by atoms with Crippen molar-refractivity contribution >= 4 is 17.7 Å². The number of nitrogens with one attached hydrogen (secondary N) is 2. The lowest BCUT2D eigenvalue weighted by Gasteiger charge is -2.37. The molecule has 2 N–H and O–H groups in total. The molecule has 1 amide bonds. The number of hydrogen-bond donors (Lipinski definition) is 2. The Morgan fingerprint density at radius 2 is 2.10 bits per heavy atom. The summed E-state index contributed by atoms with van der Waals surface area (Å²) in [6.45, 7) is 10.2. The van der Waals surface area contributed by atoms with E-state index in [9.17, 15) is 4.79 Å². The Hall–Kier alpha value is -2.84. The minimum absolute atomic E-state index is 0.0754. The van der Waals surface area contributed by atoms with Crippen LogP contribution >= 0.6 is 0 Å². The first-order valence-corrected chi connectivity index (χ1v) is 10.7. The lowest BCUT2D eigenvalue weighted by molar-refractivity contribution is 0.0104. The second-order valence-corrected chi connectivity index (χ2v) is 8.44. The first-order chi connectivity index (χ1) is 14.4. The number of piperidine rings is 1. The number of fused-ring (bicyclic) bond motifs is 1. The van der Waals surface area contributed by atoms with Gasteiger partial charge in [0.25, 0.3) is 0 Å². The van der Waals surface area contributed by atoms with Gasteiger partial charge in [-0.25, -0.2) is 9.79 Å². The van der Waals surface area contributed by atoms with Crippen molar-refractivity contribution in [2.75, 3.05) is 19.6 Å². The minimum atomic E-state index is -0.496. The quantitative estimate of drug-likeness (QED) is 0.576. The average molecular weight is 416 g/mol.